The first-order valence-electron chi connectivity index (χ1n) is 4.27. The van der Waals surface area contributed by atoms with Gasteiger partial charge in [-0.25, -0.2) is 0 Å². The third-order valence-corrected chi connectivity index (χ3v) is 3.80. The highest BCUT2D eigenvalue weighted by Gasteiger charge is 2.20. The number of anilines is 1. The fourth-order valence-corrected chi connectivity index (χ4v) is 2.47. The van der Waals surface area contributed by atoms with Gasteiger partial charge in [0.15, 0.2) is 0 Å². The second kappa shape index (κ2) is 4.80. The number of nitrogen functional groups attached to an aromatic ring is 1. The quantitative estimate of drug-likeness (QED) is 0.407. The Kier molecular flexibility index (Phi) is 3.83. The zero-order valence-corrected chi connectivity index (χ0v) is 11.2. The van der Waals surface area contributed by atoms with Crippen molar-refractivity contribution in [3.05, 3.63) is 16.6 Å². The minimum atomic E-state index is -4.03. The third kappa shape index (κ3) is 3.01. The van der Waals surface area contributed by atoms with E-state index in [1.54, 1.807) is 0 Å². The number of rotatable bonds is 3. The van der Waals surface area contributed by atoms with Crippen LogP contribution in [0.1, 0.15) is 0 Å². The maximum absolute atomic E-state index is 11.8. The molecule has 0 aliphatic rings. The summed E-state index contributed by atoms with van der Waals surface area (Å²) in [5.41, 5.74) is 15.9. The molecule has 0 unspecified atom stereocenters. The van der Waals surface area contributed by atoms with Gasteiger partial charge in [0.05, 0.1) is 7.11 Å². The largest absolute Gasteiger partial charge is 0.495 e. The first kappa shape index (κ1) is 13.6. The van der Waals surface area contributed by atoms with Gasteiger partial charge in [-0.2, -0.15) is 8.42 Å². The van der Waals surface area contributed by atoms with Gasteiger partial charge in [0.1, 0.15) is 10.6 Å². The Morgan fingerprint density at radius 1 is 1.41 bits per heavy atom. The third-order valence-electron chi connectivity index (χ3n) is 1.79. The Hall–Kier alpha value is -1.48. The van der Waals surface area contributed by atoms with Crippen molar-refractivity contribution in [3.63, 3.8) is 0 Å². The molecular weight excluding hydrogens is 312 g/mol. The molecule has 1 rings (SSSR count). The van der Waals surface area contributed by atoms with Crippen LogP contribution in [-0.4, -0.2) is 21.5 Å². The molecule has 94 valence electrons. The van der Waals surface area contributed by atoms with Crippen molar-refractivity contribution >= 4 is 37.6 Å². The molecule has 0 heterocycles. The monoisotopic (exact) mass is 322 g/mol. The Morgan fingerprint density at radius 3 is 2.47 bits per heavy atom. The van der Waals surface area contributed by atoms with Crippen molar-refractivity contribution in [1.29, 1.82) is 0 Å². The number of nitrogens with zero attached hydrogens (tertiary/aromatic N) is 1. The van der Waals surface area contributed by atoms with Crippen molar-refractivity contribution in [1.82, 2.24) is 0 Å². The van der Waals surface area contributed by atoms with Crippen LogP contribution in [0.25, 0.3) is 0 Å². The zero-order valence-electron chi connectivity index (χ0n) is 8.84. The van der Waals surface area contributed by atoms with Crippen LogP contribution in [0.15, 0.2) is 25.9 Å². The van der Waals surface area contributed by atoms with Crippen LogP contribution < -0.4 is 21.9 Å². The minimum Gasteiger partial charge on any atom is -0.495 e. The van der Waals surface area contributed by atoms with Crippen LogP contribution in [-0.2, 0) is 10.0 Å². The smallest absolute Gasteiger partial charge is 0.289 e. The average molecular weight is 323 g/mol. The maximum Gasteiger partial charge on any atom is 0.289 e. The predicted molar refractivity (Wildman–Crippen MR) is 68.1 cm³/mol. The van der Waals surface area contributed by atoms with Crippen molar-refractivity contribution in [3.8, 4) is 5.75 Å². The summed E-state index contributed by atoms with van der Waals surface area (Å²) in [6.45, 7) is 0. The van der Waals surface area contributed by atoms with Gasteiger partial charge in [-0.05, 0) is 28.1 Å². The molecule has 1 aromatic carbocycles. The van der Waals surface area contributed by atoms with E-state index >= 15 is 0 Å². The van der Waals surface area contributed by atoms with Crippen molar-refractivity contribution in [2.45, 2.75) is 4.90 Å². The lowest BCUT2D eigenvalue weighted by molar-refractivity contribution is 0.402. The summed E-state index contributed by atoms with van der Waals surface area (Å²) in [5.74, 6) is -0.468. The molecule has 7 nitrogen and oxygen atoms in total. The van der Waals surface area contributed by atoms with Gasteiger partial charge in [0.2, 0.25) is 5.96 Å². The molecule has 17 heavy (non-hydrogen) atoms. The highest BCUT2D eigenvalue weighted by atomic mass is 79.9. The van der Waals surface area contributed by atoms with E-state index < -0.39 is 16.0 Å². The number of hydrogen-bond donors (Lipinski definition) is 3. The van der Waals surface area contributed by atoms with Gasteiger partial charge in [-0.1, -0.05) is 0 Å². The van der Waals surface area contributed by atoms with Crippen molar-refractivity contribution in [2.75, 3.05) is 12.8 Å². The maximum atomic E-state index is 11.8. The fraction of sp³-hybridized carbons (Fsp3) is 0.125. The summed E-state index contributed by atoms with van der Waals surface area (Å²) in [6.07, 6.45) is 0. The Bertz CT molecular complexity index is 566. The topological polar surface area (TPSA) is 134 Å². The highest BCUT2D eigenvalue weighted by Crippen LogP contribution is 2.33. The van der Waals surface area contributed by atoms with Crippen LogP contribution in [0.4, 0.5) is 5.69 Å². The fourth-order valence-electron chi connectivity index (χ4n) is 1.10. The van der Waals surface area contributed by atoms with Gasteiger partial charge in [-0.3, -0.25) is 0 Å². The van der Waals surface area contributed by atoms with Gasteiger partial charge in [0.25, 0.3) is 10.0 Å². The molecular formula is C8H11BrN4O3S. The second-order valence-corrected chi connectivity index (χ2v) is 5.44. The number of nitrogens with two attached hydrogens (primary N) is 3. The van der Waals surface area contributed by atoms with Gasteiger partial charge in [0, 0.05) is 10.2 Å². The molecule has 0 saturated heterocycles. The first-order valence-corrected chi connectivity index (χ1v) is 6.50. The molecule has 0 spiro atoms. The number of halogens is 1. The van der Waals surface area contributed by atoms with Gasteiger partial charge in [-0.15, -0.1) is 4.40 Å². The average Bonchev–Trinajstić information content (AvgIpc) is 2.19. The standard InChI is InChI=1S/C8H11BrN4O3S/c1-16-6-2-4(9)5(10)3-7(6)17(14,15)13-8(11)12/h2-3H,10H2,1H3,(H4,11,12,13). The molecule has 0 amide bonds. The Balaban J connectivity index is 3.51. The number of sulfonamides is 1. The number of ether oxygens (including phenoxy) is 1. The van der Waals surface area contributed by atoms with Crippen LogP contribution in [0.2, 0.25) is 0 Å². The van der Waals surface area contributed by atoms with Crippen LogP contribution >= 0.6 is 15.9 Å². The Labute approximate surface area is 107 Å². The molecule has 0 fully saturated rings. The lowest BCUT2D eigenvalue weighted by Crippen LogP contribution is -2.24. The van der Waals surface area contributed by atoms with E-state index in [1.165, 1.54) is 19.2 Å². The molecule has 0 bridgehead atoms. The van der Waals surface area contributed by atoms with Crippen molar-refractivity contribution < 1.29 is 13.2 Å². The number of benzene rings is 1. The molecule has 9 heteroatoms. The lowest BCUT2D eigenvalue weighted by atomic mass is 10.3. The Morgan fingerprint density at radius 2 is 2.00 bits per heavy atom. The molecule has 1 aromatic rings. The van der Waals surface area contributed by atoms with E-state index in [-0.39, 0.29) is 16.3 Å². The van der Waals surface area contributed by atoms with Gasteiger partial charge >= 0.3 is 0 Å². The lowest BCUT2D eigenvalue weighted by Gasteiger charge is -2.09. The molecule has 0 aromatic heterocycles. The van der Waals surface area contributed by atoms with Crippen LogP contribution in [0.3, 0.4) is 0 Å². The van der Waals surface area contributed by atoms with E-state index in [0.717, 1.165) is 0 Å². The molecule has 0 aliphatic heterocycles. The second-order valence-electron chi connectivity index (χ2n) is 3.02. The SMILES string of the molecule is COc1cc(Br)c(N)cc1S(=O)(=O)N=C(N)N. The molecule has 0 saturated carbocycles. The molecule has 0 atom stereocenters. The van der Waals surface area contributed by atoms with Crippen molar-refractivity contribution in [2.24, 2.45) is 15.9 Å². The first-order chi connectivity index (χ1) is 7.77. The molecule has 0 aliphatic carbocycles. The molecule has 0 radical (unpaired) electrons. The summed E-state index contributed by atoms with van der Waals surface area (Å²) in [4.78, 5) is -0.200. The van der Waals surface area contributed by atoms with Crippen LogP contribution in [0, 0.1) is 0 Å². The summed E-state index contributed by atoms with van der Waals surface area (Å²) >= 11 is 3.15. The van der Waals surface area contributed by atoms with E-state index in [4.69, 9.17) is 21.9 Å². The number of methoxy groups -OCH3 is 1. The highest BCUT2D eigenvalue weighted by molar-refractivity contribution is 9.10. The minimum absolute atomic E-state index is 0.0936. The van der Waals surface area contributed by atoms with E-state index in [0.29, 0.717) is 4.47 Å². The predicted octanol–water partition coefficient (Wildman–Crippen LogP) is 0.00200. The van der Waals surface area contributed by atoms with E-state index in [2.05, 4.69) is 20.3 Å². The van der Waals surface area contributed by atoms with Gasteiger partial charge < -0.3 is 21.9 Å². The summed E-state index contributed by atoms with van der Waals surface area (Å²) < 4.78 is 32.2. The van der Waals surface area contributed by atoms with Crippen LogP contribution in [0.5, 0.6) is 5.75 Å². The summed E-state index contributed by atoms with van der Waals surface area (Å²) in [7, 11) is -2.70. The summed E-state index contributed by atoms with van der Waals surface area (Å²) in [5, 5.41) is 0. The molecule has 6 N–H and O–H groups in total. The summed E-state index contributed by atoms with van der Waals surface area (Å²) in [6, 6.07) is 2.63. The number of hydrogen-bond acceptors (Lipinski definition) is 4. The normalized spacial score (nSPS) is 10.9. The van der Waals surface area contributed by atoms with E-state index in [1.807, 2.05) is 0 Å². The van der Waals surface area contributed by atoms with E-state index in [9.17, 15) is 8.42 Å². The zero-order chi connectivity index (χ0) is 13.2. The number of guanidine groups is 1.